The van der Waals surface area contributed by atoms with Gasteiger partial charge in [-0.3, -0.25) is 14.5 Å². The Morgan fingerprint density at radius 2 is 1.79 bits per heavy atom. The van der Waals surface area contributed by atoms with E-state index in [0.29, 0.717) is 19.4 Å². The van der Waals surface area contributed by atoms with Gasteiger partial charge in [-0.05, 0) is 43.7 Å². The first-order valence-electron chi connectivity index (χ1n) is 10.2. The fourth-order valence-corrected chi connectivity index (χ4v) is 4.38. The number of aromatic nitrogens is 1. The van der Waals surface area contributed by atoms with Crippen LogP contribution in [-0.2, 0) is 16.0 Å². The first kappa shape index (κ1) is 19.5. The van der Waals surface area contributed by atoms with Gasteiger partial charge in [-0.25, -0.2) is 0 Å². The fraction of sp³-hybridized carbons (Fsp3) is 0.391. The molecule has 2 atom stereocenters. The molecular formula is C23H28N4O2. The number of H-pyrrole nitrogens is 1. The smallest absolute Gasteiger partial charge is 0.224 e. The van der Waals surface area contributed by atoms with Crippen LogP contribution < -0.4 is 10.6 Å². The average Bonchev–Trinajstić information content (AvgIpc) is 3.26. The number of carbonyl (C=O) groups is 2. The van der Waals surface area contributed by atoms with E-state index < -0.39 is 0 Å². The highest BCUT2D eigenvalue weighted by molar-refractivity contribution is 6.07. The van der Waals surface area contributed by atoms with E-state index in [2.05, 4.69) is 38.7 Å². The lowest BCUT2D eigenvalue weighted by molar-refractivity contribution is -0.122. The van der Waals surface area contributed by atoms with Crippen molar-refractivity contribution in [1.29, 1.82) is 0 Å². The predicted molar refractivity (Wildman–Crippen MR) is 116 cm³/mol. The van der Waals surface area contributed by atoms with Crippen molar-refractivity contribution in [2.75, 3.05) is 20.6 Å². The Balaban J connectivity index is 1.35. The molecule has 2 amide bonds. The number of hydrogen-bond acceptors (Lipinski definition) is 3. The number of rotatable bonds is 6. The zero-order chi connectivity index (χ0) is 20.4. The Morgan fingerprint density at radius 1 is 1.03 bits per heavy atom. The van der Waals surface area contributed by atoms with Crippen LogP contribution in [0.5, 0.6) is 0 Å². The van der Waals surface area contributed by atoms with Crippen molar-refractivity contribution in [2.45, 2.75) is 37.8 Å². The Morgan fingerprint density at radius 3 is 2.62 bits per heavy atom. The van der Waals surface area contributed by atoms with Crippen LogP contribution in [0.15, 0.2) is 42.5 Å². The summed E-state index contributed by atoms with van der Waals surface area (Å²) in [4.78, 5) is 29.8. The highest BCUT2D eigenvalue weighted by atomic mass is 16.2. The van der Waals surface area contributed by atoms with Crippen LogP contribution in [0.4, 0.5) is 0 Å². The maximum Gasteiger partial charge on any atom is 0.224 e. The maximum absolute atomic E-state index is 12.5. The van der Waals surface area contributed by atoms with Gasteiger partial charge in [0.1, 0.15) is 0 Å². The maximum atomic E-state index is 12.5. The number of carbonyl (C=O) groups excluding carboxylic acids is 2. The molecule has 1 saturated heterocycles. The molecule has 0 spiro atoms. The van der Waals surface area contributed by atoms with E-state index in [1.807, 2.05) is 31.3 Å². The minimum atomic E-state index is 0.0346. The van der Waals surface area contributed by atoms with Crippen LogP contribution in [0.1, 0.15) is 24.8 Å². The Hall–Kier alpha value is -2.86. The molecule has 0 saturated carbocycles. The number of nitrogens with one attached hydrogen (secondary N) is 3. The molecule has 2 heterocycles. The van der Waals surface area contributed by atoms with E-state index in [0.717, 1.165) is 34.8 Å². The molecular weight excluding hydrogens is 364 g/mol. The molecule has 1 aliphatic rings. The second kappa shape index (κ2) is 8.25. The SMILES string of the molecule is CNC(=O)C[C@H]1CC[C@@H](CNC(=O)Cc2ccc3[nH]c4ccccc4c3c2)N1C. The normalized spacial score (nSPS) is 19.7. The van der Waals surface area contributed by atoms with Crippen LogP contribution in [0.2, 0.25) is 0 Å². The van der Waals surface area contributed by atoms with E-state index in [4.69, 9.17) is 0 Å². The number of amides is 2. The summed E-state index contributed by atoms with van der Waals surface area (Å²) in [5.74, 6) is 0.103. The standard InChI is InChI=1S/C23H28N4O2/c1-24-22(28)13-16-8-9-17(27(16)2)14-25-23(29)12-15-7-10-21-19(11-15)18-5-3-4-6-20(18)26-21/h3-7,10-11,16-17,26H,8-9,12-14H2,1-2H3,(H,24,28)(H,25,29)/t16-,17+/m1/s1. The Labute approximate surface area is 170 Å². The van der Waals surface area contributed by atoms with Crippen LogP contribution in [0.3, 0.4) is 0 Å². The average molecular weight is 393 g/mol. The van der Waals surface area contributed by atoms with Gasteiger partial charge >= 0.3 is 0 Å². The number of hydrogen-bond donors (Lipinski definition) is 3. The molecule has 3 aromatic rings. The van der Waals surface area contributed by atoms with E-state index >= 15 is 0 Å². The first-order chi connectivity index (χ1) is 14.0. The van der Waals surface area contributed by atoms with Gasteiger partial charge in [-0.1, -0.05) is 24.3 Å². The van der Waals surface area contributed by atoms with Crippen molar-refractivity contribution in [3.8, 4) is 0 Å². The van der Waals surface area contributed by atoms with Gasteiger partial charge in [0, 0.05) is 53.9 Å². The predicted octanol–water partition coefficient (Wildman–Crippen LogP) is 2.58. The highest BCUT2D eigenvalue weighted by Gasteiger charge is 2.31. The molecule has 2 aromatic carbocycles. The monoisotopic (exact) mass is 392 g/mol. The van der Waals surface area contributed by atoms with E-state index in [1.54, 1.807) is 7.05 Å². The molecule has 1 aliphatic heterocycles. The largest absolute Gasteiger partial charge is 0.359 e. The zero-order valence-corrected chi connectivity index (χ0v) is 17.0. The summed E-state index contributed by atoms with van der Waals surface area (Å²) in [7, 11) is 3.71. The summed E-state index contributed by atoms with van der Waals surface area (Å²) in [6, 6.07) is 14.9. The topological polar surface area (TPSA) is 77.2 Å². The van der Waals surface area contributed by atoms with Crippen molar-refractivity contribution >= 4 is 33.6 Å². The second-order valence-corrected chi connectivity index (χ2v) is 7.96. The third-order valence-electron chi connectivity index (χ3n) is 6.15. The molecule has 152 valence electrons. The minimum Gasteiger partial charge on any atom is -0.359 e. The molecule has 4 rings (SSSR count). The molecule has 3 N–H and O–H groups in total. The third kappa shape index (κ3) is 4.12. The summed E-state index contributed by atoms with van der Waals surface area (Å²) in [6.45, 7) is 0.620. The molecule has 1 fully saturated rings. The minimum absolute atomic E-state index is 0.0346. The number of benzene rings is 2. The van der Waals surface area contributed by atoms with Crippen molar-refractivity contribution < 1.29 is 9.59 Å². The summed E-state index contributed by atoms with van der Waals surface area (Å²) < 4.78 is 0. The van der Waals surface area contributed by atoms with Gasteiger partial charge in [-0.15, -0.1) is 0 Å². The Kier molecular flexibility index (Phi) is 5.53. The van der Waals surface area contributed by atoms with Crippen molar-refractivity contribution in [3.05, 3.63) is 48.0 Å². The van der Waals surface area contributed by atoms with Crippen LogP contribution in [0, 0.1) is 0 Å². The number of likely N-dealkylation sites (tertiary alicyclic amines) is 1. The van der Waals surface area contributed by atoms with Gasteiger partial charge in [-0.2, -0.15) is 0 Å². The van der Waals surface area contributed by atoms with E-state index in [-0.39, 0.29) is 23.9 Å². The van der Waals surface area contributed by atoms with E-state index in [1.165, 1.54) is 5.39 Å². The van der Waals surface area contributed by atoms with Gasteiger partial charge in [0.05, 0.1) is 6.42 Å². The number of aromatic amines is 1. The lowest BCUT2D eigenvalue weighted by Crippen LogP contribution is -2.42. The molecule has 6 heteroatoms. The summed E-state index contributed by atoms with van der Waals surface area (Å²) >= 11 is 0. The Bertz CT molecular complexity index is 1040. The van der Waals surface area contributed by atoms with Gasteiger partial charge in [0.25, 0.3) is 0 Å². The molecule has 0 aliphatic carbocycles. The molecule has 1 aromatic heterocycles. The van der Waals surface area contributed by atoms with Gasteiger partial charge < -0.3 is 15.6 Å². The number of nitrogens with zero attached hydrogens (tertiary/aromatic N) is 1. The number of likely N-dealkylation sites (N-methyl/N-ethyl adjacent to an activating group) is 1. The van der Waals surface area contributed by atoms with Crippen molar-refractivity contribution in [2.24, 2.45) is 0 Å². The molecule has 6 nitrogen and oxygen atoms in total. The van der Waals surface area contributed by atoms with Crippen LogP contribution in [-0.4, -0.2) is 54.4 Å². The van der Waals surface area contributed by atoms with Gasteiger partial charge in [0.2, 0.25) is 11.8 Å². The summed E-state index contributed by atoms with van der Waals surface area (Å²) in [5, 5.41) is 8.10. The zero-order valence-electron chi connectivity index (χ0n) is 17.0. The molecule has 0 bridgehead atoms. The summed E-state index contributed by atoms with van der Waals surface area (Å²) in [5.41, 5.74) is 3.21. The fourth-order valence-electron chi connectivity index (χ4n) is 4.38. The van der Waals surface area contributed by atoms with Crippen LogP contribution in [0.25, 0.3) is 21.8 Å². The third-order valence-corrected chi connectivity index (χ3v) is 6.15. The molecule has 0 radical (unpaired) electrons. The van der Waals surface area contributed by atoms with Gasteiger partial charge in [0.15, 0.2) is 0 Å². The second-order valence-electron chi connectivity index (χ2n) is 7.96. The summed E-state index contributed by atoms with van der Waals surface area (Å²) in [6.07, 6.45) is 2.87. The number of fused-ring (bicyclic) bond motifs is 3. The van der Waals surface area contributed by atoms with Crippen LogP contribution >= 0.6 is 0 Å². The number of para-hydroxylation sites is 1. The lowest BCUT2D eigenvalue weighted by atomic mass is 10.1. The van der Waals surface area contributed by atoms with Crippen molar-refractivity contribution in [3.63, 3.8) is 0 Å². The highest BCUT2D eigenvalue weighted by Crippen LogP contribution is 2.26. The van der Waals surface area contributed by atoms with Crippen molar-refractivity contribution in [1.82, 2.24) is 20.5 Å². The first-order valence-corrected chi connectivity index (χ1v) is 10.2. The lowest BCUT2D eigenvalue weighted by Gasteiger charge is -2.25. The molecule has 0 unspecified atom stereocenters. The quantitative estimate of drug-likeness (QED) is 0.603. The molecule has 29 heavy (non-hydrogen) atoms. The van der Waals surface area contributed by atoms with E-state index in [9.17, 15) is 9.59 Å².